The molecule has 2 rings (SSSR count). The third-order valence-electron chi connectivity index (χ3n) is 4.21. The summed E-state index contributed by atoms with van der Waals surface area (Å²) in [4.78, 5) is 14.0. The Labute approximate surface area is 123 Å². The van der Waals surface area contributed by atoms with Crippen molar-refractivity contribution in [1.82, 2.24) is 10.2 Å². The number of hydrogen-bond acceptors (Lipinski definition) is 3. The van der Waals surface area contributed by atoms with Crippen molar-refractivity contribution < 1.29 is 9.53 Å². The lowest BCUT2D eigenvalue weighted by Crippen LogP contribution is -2.39. The zero-order valence-corrected chi connectivity index (χ0v) is 13.3. The van der Waals surface area contributed by atoms with E-state index in [0.717, 1.165) is 25.9 Å². The fraction of sp³-hybridized carbons (Fsp3) is 0.938. The number of nitrogens with zero attached hydrogens (tertiary/aromatic N) is 1. The first-order chi connectivity index (χ1) is 9.44. The van der Waals surface area contributed by atoms with Gasteiger partial charge in [-0.05, 0) is 52.9 Å². The summed E-state index contributed by atoms with van der Waals surface area (Å²) in [6, 6.07) is 1.29. The number of hydrogen-bond donors (Lipinski definition) is 1. The molecule has 1 atom stereocenters. The first kappa shape index (κ1) is 15.6. The van der Waals surface area contributed by atoms with Crippen LogP contribution in [0.4, 0.5) is 4.79 Å². The number of ether oxygens (including phenoxy) is 1. The number of rotatable bonds is 2. The molecule has 116 valence electrons. The van der Waals surface area contributed by atoms with Gasteiger partial charge in [-0.15, -0.1) is 0 Å². The van der Waals surface area contributed by atoms with Gasteiger partial charge in [0.25, 0.3) is 0 Å². The highest BCUT2D eigenvalue weighted by Gasteiger charge is 2.26. The van der Waals surface area contributed by atoms with Gasteiger partial charge < -0.3 is 15.0 Å². The molecule has 1 aliphatic heterocycles. The highest BCUT2D eigenvalue weighted by molar-refractivity contribution is 5.68. The maximum absolute atomic E-state index is 12.1. The van der Waals surface area contributed by atoms with E-state index in [1.54, 1.807) is 0 Å². The Balaban J connectivity index is 1.77. The minimum atomic E-state index is -0.398. The molecule has 1 aliphatic carbocycles. The zero-order chi connectivity index (χ0) is 14.6. The third-order valence-corrected chi connectivity index (χ3v) is 4.21. The molecular weight excluding hydrogens is 252 g/mol. The summed E-state index contributed by atoms with van der Waals surface area (Å²) in [7, 11) is 0. The Hall–Kier alpha value is -0.770. The highest BCUT2D eigenvalue weighted by atomic mass is 16.6. The topological polar surface area (TPSA) is 41.6 Å². The molecule has 0 radical (unpaired) electrons. The van der Waals surface area contributed by atoms with Gasteiger partial charge in [0, 0.05) is 25.2 Å². The molecular formula is C16H30N2O2. The van der Waals surface area contributed by atoms with E-state index in [1.165, 1.54) is 32.1 Å². The summed E-state index contributed by atoms with van der Waals surface area (Å²) < 4.78 is 5.47. The van der Waals surface area contributed by atoms with E-state index >= 15 is 0 Å². The average molecular weight is 282 g/mol. The summed E-state index contributed by atoms with van der Waals surface area (Å²) >= 11 is 0. The number of nitrogens with one attached hydrogen (secondary N) is 1. The van der Waals surface area contributed by atoms with Crippen LogP contribution in [0.15, 0.2) is 0 Å². The second kappa shape index (κ2) is 6.79. The van der Waals surface area contributed by atoms with Gasteiger partial charge in [-0.2, -0.15) is 0 Å². The van der Waals surface area contributed by atoms with Crippen molar-refractivity contribution in [3.63, 3.8) is 0 Å². The van der Waals surface area contributed by atoms with Crippen LogP contribution >= 0.6 is 0 Å². The van der Waals surface area contributed by atoms with Gasteiger partial charge in [-0.3, -0.25) is 0 Å². The van der Waals surface area contributed by atoms with Crippen LogP contribution in [0.5, 0.6) is 0 Å². The predicted octanol–water partition coefficient (Wildman–Crippen LogP) is 3.31. The Kier molecular flexibility index (Phi) is 5.30. The molecule has 1 saturated carbocycles. The molecule has 4 nitrogen and oxygen atoms in total. The summed E-state index contributed by atoms with van der Waals surface area (Å²) in [6.07, 6.45) is 8.54. The third kappa shape index (κ3) is 4.97. The maximum atomic E-state index is 12.1. The first-order valence-corrected chi connectivity index (χ1v) is 8.18. The fourth-order valence-corrected chi connectivity index (χ4v) is 3.20. The Morgan fingerprint density at radius 2 is 1.60 bits per heavy atom. The number of amides is 1. The van der Waals surface area contributed by atoms with E-state index in [-0.39, 0.29) is 6.09 Å². The standard InChI is InChI=1S/C16H30N2O2/c1-16(2,3)20-15(19)18-11-6-9-14(10-12-18)17-13-7-4-5-8-13/h13-14,17H,4-12H2,1-3H3. The van der Waals surface area contributed by atoms with E-state index in [4.69, 9.17) is 4.74 Å². The maximum Gasteiger partial charge on any atom is 0.410 e. The van der Waals surface area contributed by atoms with E-state index in [0.29, 0.717) is 12.1 Å². The summed E-state index contributed by atoms with van der Waals surface area (Å²) in [5, 5.41) is 3.79. The van der Waals surface area contributed by atoms with Crippen molar-refractivity contribution in [3.05, 3.63) is 0 Å². The highest BCUT2D eigenvalue weighted by Crippen LogP contribution is 2.21. The van der Waals surface area contributed by atoms with Crippen molar-refractivity contribution in [2.75, 3.05) is 13.1 Å². The number of carbonyl (C=O) groups is 1. The second-order valence-corrected chi connectivity index (χ2v) is 7.24. The lowest BCUT2D eigenvalue weighted by atomic mass is 10.1. The Morgan fingerprint density at radius 3 is 2.25 bits per heavy atom. The predicted molar refractivity (Wildman–Crippen MR) is 80.8 cm³/mol. The molecule has 1 N–H and O–H groups in total. The molecule has 0 spiro atoms. The first-order valence-electron chi connectivity index (χ1n) is 8.18. The Bertz CT molecular complexity index is 319. The van der Waals surface area contributed by atoms with Crippen LogP contribution in [-0.4, -0.2) is 41.8 Å². The average Bonchev–Trinajstić information content (AvgIpc) is 2.72. The van der Waals surface area contributed by atoms with Gasteiger partial charge in [0.1, 0.15) is 5.60 Å². The molecule has 2 fully saturated rings. The molecule has 2 aliphatic rings. The molecule has 1 heterocycles. The van der Waals surface area contributed by atoms with Crippen LogP contribution in [0, 0.1) is 0 Å². The zero-order valence-electron chi connectivity index (χ0n) is 13.3. The Morgan fingerprint density at radius 1 is 1.00 bits per heavy atom. The van der Waals surface area contributed by atoms with Crippen LogP contribution < -0.4 is 5.32 Å². The SMILES string of the molecule is CC(C)(C)OC(=O)N1CCCC(NC2CCCC2)CC1. The molecule has 0 aromatic rings. The van der Waals surface area contributed by atoms with Gasteiger partial charge in [0.2, 0.25) is 0 Å². The number of likely N-dealkylation sites (tertiary alicyclic amines) is 1. The van der Waals surface area contributed by atoms with Crippen LogP contribution in [0.2, 0.25) is 0 Å². The molecule has 1 saturated heterocycles. The normalized spacial score (nSPS) is 25.6. The molecule has 4 heteroatoms. The van der Waals surface area contributed by atoms with Gasteiger partial charge in [-0.25, -0.2) is 4.79 Å². The van der Waals surface area contributed by atoms with Crippen LogP contribution in [0.3, 0.4) is 0 Å². The van der Waals surface area contributed by atoms with Crippen LogP contribution in [0.25, 0.3) is 0 Å². The van der Waals surface area contributed by atoms with E-state index < -0.39 is 5.60 Å². The van der Waals surface area contributed by atoms with Crippen LogP contribution in [-0.2, 0) is 4.74 Å². The lowest BCUT2D eigenvalue weighted by Gasteiger charge is -2.26. The molecule has 20 heavy (non-hydrogen) atoms. The van der Waals surface area contributed by atoms with E-state index in [9.17, 15) is 4.79 Å². The van der Waals surface area contributed by atoms with Crippen LogP contribution in [0.1, 0.15) is 65.7 Å². The largest absolute Gasteiger partial charge is 0.444 e. The molecule has 1 unspecified atom stereocenters. The van der Waals surface area contributed by atoms with Crippen molar-refractivity contribution >= 4 is 6.09 Å². The van der Waals surface area contributed by atoms with Crippen molar-refractivity contribution in [3.8, 4) is 0 Å². The van der Waals surface area contributed by atoms with E-state index in [1.807, 2.05) is 25.7 Å². The minimum Gasteiger partial charge on any atom is -0.444 e. The second-order valence-electron chi connectivity index (χ2n) is 7.24. The van der Waals surface area contributed by atoms with Crippen molar-refractivity contribution in [2.24, 2.45) is 0 Å². The lowest BCUT2D eigenvalue weighted by molar-refractivity contribution is 0.0256. The van der Waals surface area contributed by atoms with Gasteiger partial charge >= 0.3 is 6.09 Å². The summed E-state index contributed by atoms with van der Waals surface area (Å²) in [5.41, 5.74) is -0.398. The molecule has 1 amide bonds. The van der Waals surface area contributed by atoms with Crippen molar-refractivity contribution in [1.29, 1.82) is 0 Å². The van der Waals surface area contributed by atoms with Gasteiger partial charge in [0.15, 0.2) is 0 Å². The van der Waals surface area contributed by atoms with Crippen molar-refractivity contribution in [2.45, 2.75) is 83.4 Å². The van der Waals surface area contributed by atoms with Gasteiger partial charge in [-0.1, -0.05) is 12.8 Å². The smallest absolute Gasteiger partial charge is 0.410 e. The fourth-order valence-electron chi connectivity index (χ4n) is 3.20. The molecule has 0 bridgehead atoms. The molecule has 0 aromatic carbocycles. The summed E-state index contributed by atoms with van der Waals surface area (Å²) in [5.74, 6) is 0. The molecule has 0 aromatic heterocycles. The monoisotopic (exact) mass is 282 g/mol. The number of carbonyl (C=O) groups excluding carboxylic acids is 1. The summed E-state index contributed by atoms with van der Waals surface area (Å²) in [6.45, 7) is 7.42. The quantitative estimate of drug-likeness (QED) is 0.845. The van der Waals surface area contributed by atoms with Gasteiger partial charge in [0.05, 0.1) is 0 Å². The van der Waals surface area contributed by atoms with E-state index in [2.05, 4.69) is 5.32 Å². The minimum absolute atomic E-state index is 0.154.